The van der Waals surface area contributed by atoms with Crippen LogP contribution in [0.2, 0.25) is 0 Å². The van der Waals surface area contributed by atoms with Gasteiger partial charge >= 0.3 is 0 Å². The second kappa shape index (κ2) is 5.39. The number of hydrogen-bond donors (Lipinski definition) is 1. The first-order chi connectivity index (χ1) is 8.24. The number of allylic oxidation sites excluding steroid dienone is 2. The second-order valence-corrected chi connectivity index (χ2v) is 5.00. The molecule has 1 aliphatic rings. The van der Waals surface area contributed by atoms with Gasteiger partial charge in [-0.2, -0.15) is 0 Å². The molecule has 1 N–H and O–H groups in total. The number of anilines is 1. The molecule has 92 valence electrons. The van der Waals surface area contributed by atoms with Crippen LogP contribution in [-0.4, -0.2) is 0 Å². The Bertz CT molecular complexity index is 429. The fourth-order valence-corrected chi connectivity index (χ4v) is 2.48. The lowest BCUT2D eigenvalue weighted by Crippen LogP contribution is -2.13. The summed E-state index contributed by atoms with van der Waals surface area (Å²) in [7, 11) is 0. The zero-order valence-corrected chi connectivity index (χ0v) is 11.3. The number of unbranched alkanes of at least 4 members (excludes halogenated alkanes) is 1. The molecule has 1 aliphatic heterocycles. The zero-order chi connectivity index (χ0) is 12.3. The summed E-state index contributed by atoms with van der Waals surface area (Å²) in [5.74, 6) is 0. The van der Waals surface area contributed by atoms with Gasteiger partial charge in [-0.3, -0.25) is 0 Å². The van der Waals surface area contributed by atoms with Crippen LogP contribution >= 0.6 is 0 Å². The Hall–Kier alpha value is -1.24. The van der Waals surface area contributed by atoms with E-state index in [0.717, 1.165) is 6.42 Å². The van der Waals surface area contributed by atoms with Gasteiger partial charge in [0.05, 0.1) is 0 Å². The minimum atomic E-state index is 1.14. The minimum absolute atomic E-state index is 1.14. The van der Waals surface area contributed by atoms with E-state index in [1.807, 2.05) is 0 Å². The Morgan fingerprint density at radius 1 is 1.24 bits per heavy atom. The maximum atomic E-state index is 3.65. The average Bonchev–Trinajstić information content (AvgIpc) is 2.35. The maximum absolute atomic E-state index is 3.65. The number of benzene rings is 1. The third-order valence-electron chi connectivity index (χ3n) is 3.59. The van der Waals surface area contributed by atoms with Crippen molar-refractivity contribution in [1.82, 2.24) is 0 Å². The van der Waals surface area contributed by atoms with Crippen molar-refractivity contribution < 1.29 is 0 Å². The van der Waals surface area contributed by atoms with Gasteiger partial charge < -0.3 is 5.32 Å². The van der Waals surface area contributed by atoms with E-state index in [4.69, 9.17) is 0 Å². The van der Waals surface area contributed by atoms with E-state index < -0.39 is 0 Å². The van der Waals surface area contributed by atoms with Crippen molar-refractivity contribution in [3.63, 3.8) is 0 Å². The van der Waals surface area contributed by atoms with E-state index in [0.29, 0.717) is 0 Å². The number of hydrogen-bond acceptors (Lipinski definition) is 1. The molecule has 0 aliphatic carbocycles. The molecular weight excluding hydrogens is 206 g/mol. The SMILES string of the molecule is CCCCC1=C(CC)Cc2ccc(C)cc2N1. The van der Waals surface area contributed by atoms with Crippen molar-refractivity contribution >= 4 is 5.69 Å². The molecule has 1 aromatic carbocycles. The van der Waals surface area contributed by atoms with Gasteiger partial charge in [0.2, 0.25) is 0 Å². The summed E-state index contributed by atoms with van der Waals surface area (Å²) in [5.41, 5.74) is 7.19. The molecule has 0 radical (unpaired) electrons. The Labute approximate surface area is 105 Å². The molecule has 0 aromatic heterocycles. The van der Waals surface area contributed by atoms with Gasteiger partial charge in [0.15, 0.2) is 0 Å². The van der Waals surface area contributed by atoms with Crippen molar-refractivity contribution in [2.75, 3.05) is 5.32 Å². The molecule has 0 atom stereocenters. The monoisotopic (exact) mass is 229 g/mol. The third kappa shape index (κ3) is 2.71. The van der Waals surface area contributed by atoms with Crippen molar-refractivity contribution in [1.29, 1.82) is 0 Å². The molecule has 0 spiro atoms. The molecule has 0 unspecified atom stereocenters. The van der Waals surface area contributed by atoms with Crippen molar-refractivity contribution in [2.45, 2.75) is 52.9 Å². The molecule has 0 saturated heterocycles. The fourth-order valence-electron chi connectivity index (χ4n) is 2.48. The van der Waals surface area contributed by atoms with E-state index in [2.05, 4.69) is 44.3 Å². The van der Waals surface area contributed by atoms with E-state index >= 15 is 0 Å². The smallest absolute Gasteiger partial charge is 0.0420 e. The Kier molecular flexibility index (Phi) is 3.88. The van der Waals surface area contributed by atoms with Crippen LogP contribution in [0, 0.1) is 6.92 Å². The number of aryl methyl sites for hydroxylation is 1. The van der Waals surface area contributed by atoms with Gasteiger partial charge in [-0.15, -0.1) is 0 Å². The normalized spacial score (nSPS) is 14.5. The van der Waals surface area contributed by atoms with Crippen molar-refractivity contribution in [3.05, 3.63) is 40.6 Å². The number of rotatable bonds is 4. The molecule has 1 heterocycles. The van der Waals surface area contributed by atoms with Crippen molar-refractivity contribution in [2.24, 2.45) is 0 Å². The molecule has 0 bridgehead atoms. The van der Waals surface area contributed by atoms with Crippen LogP contribution in [0.4, 0.5) is 5.69 Å². The van der Waals surface area contributed by atoms with Crippen LogP contribution in [0.25, 0.3) is 0 Å². The number of fused-ring (bicyclic) bond motifs is 1. The van der Waals surface area contributed by atoms with Gasteiger partial charge in [0.1, 0.15) is 0 Å². The van der Waals surface area contributed by atoms with E-state index in [1.165, 1.54) is 48.2 Å². The summed E-state index contributed by atoms with van der Waals surface area (Å²) in [5, 5.41) is 3.65. The molecule has 0 fully saturated rings. The van der Waals surface area contributed by atoms with Gasteiger partial charge in [-0.1, -0.05) is 32.4 Å². The Morgan fingerprint density at radius 2 is 2.06 bits per heavy atom. The van der Waals surface area contributed by atoms with Crippen LogP contribution in [-0.2, 0) is 6.42 Å². The van der Waals surface area contributed by atoms with Crippen molar-refractivity contribution in [3.8, 4) is 0 Å². The Balaban J connectivity index is 2.24. The van der Waals surface area contributed by atoms with Crippen LogP contribution in [0.5, 0.6) is 0 Å². The zero-order valence-electron chi connectivity index (χ0n) is 11.3. The van der Waals surface area contributed by atoms with Crippen LogP contribution in [0.15, 0.2) is 29.5 Å². The van der Waals surface area contributed by atoms with Crippen LogP contribution in [0.1, 0.15) is 50.7 Å². The predicted octanol–water partition coefficient (Wildman–Crippen LogP) is 4.82. The molecule has 2 rings (SSSR count). The third-order valence-corrected chi connectivity index (χ3v) is 3.59. The highest BCUT2D eigenvalue weighted by molar-refractivity contribution is 5.61. The first-order valence-corrected chi connectivity index (χ1v) is 6.82. The number of nitrogens with one attached hydrogen (secondary N) is 1. The van der Waals surface area contributed by atoms with Crippen LogP contribution in [0.3, 0.4) is 0 Å². The first-order valence-electron chi connectivity index (χ1n) is 6.82. The fraction of sp³-hybridized carbons (Fsp3) is 0.500. The summed E-state index contributed by atoms with van der Waals surface area (Å²) < 4.78 is 0. The highest BCUT2D eigenvalue weighted by Crippen LogP contribution is 2.31. The van der Waals surface area contributed by atoms with Crippen LogP contribution < -0.4 is 5.32 Å². The molecule has 0 amide bonds. The summed E-state index contributed by atoms with van der Waals surface area (Å²) in [6.45, 7) is 6.68. The second-order valence-electron chi connectivity index (χ2n) is 5.00. The summed E-state index contributed by atoms with van der Waals surface area (Å²) in [4.78, 5) is 0. The quantitative estimate of drug-likeness (QED) is 0.780. The topological polar surface area (TPSA) is 12.0 Å². The maximum Gasteiger partial charge on any atom is 0.0420 e. The lowest BCUT2D eigenvalue weighted by atomic mass is 9.93. The first kappa shape index (κ1) is 12.2. The van der Waals surface area contributed by atoms with E-state index in [9.17, 15) is 0 Å². The highest BCUT2D eigenvalue weighted by atomic mass is 14.9. The van der Waals surface area contributed by atoms with Gasteiger partial charge in [0.25, 0.3) is 0 Å². The van der Waals surface area contributed by atoms with Gasteiger partial charge in [-0.05, 0) is 55.4 Å². The van der Waals surface area contributed by atoms with E-state index in [-0.39, 0.29) is 0 Å². The summed E-state index contributed by atoms with van der Waals surface area (Å²) >= 11 is 0. The highest BCUT2D eigenvalue weighted by Gasteiger charge is 2.15. The molecule has 1 nitrogen and oxygen atoms in total. The molecular formula is C16H23N. The lowest BCUT2D eigenvalue weighted by Gasteiger charge is -2.25. The Morgan fingerprint density at radius 3 is 2.76 bits per heavy atom. The summed E-state index contributed by atoms with van der Waals surface area (Å²) in [6.07, 6.45) is 6.06. The largest absolute Gasteiger partial charge is 0.359 e. The summed E-state index contributed by atoms with van der Waals surface area (Å²) in [6, 6.07) is 6.75. The minimum Gasteiger partial charge on any atom is -0.359 e. The molecule has 0 saturated carbocycles. The predicted molar refractivity (Wildman–Crippen MR) is 75.3 cm³/mol. The molecule has 1 heteroatoms. The lowest BCUT2D eigenvalue weighted by molar-refractivity contribution is 0.767. The standard InChI is InChI=1S/C16H23N/c1-4-6-7-15-13(5-2)11-14-9-8-12(3)10-16(14)17-15/h8-10,17H,4-7,11H2,1-3H3. The molecule has 17 heavy (non-hydrogen) atoms. The van der Waals surface area contributed by atoms with E-state index in [1.54, 1.807) is 5.57 Å². The van der Waals surface area contributed by atoms with Gasteiger partial charge in [-0.25, -0.2) is 0 Å². The molecule has 1 aromatic rings. The average molecular weight is 229 g/mol. The van der Waals surface area contributed by atoms with Gasteiger partial charge in [0, 0.05) is 11.4 Å².